The molecule has 0 unspecified atom stereocenters. The summed E-state index contributed by atoms with van der Waals surface area (Å²) in [6.07, 6.45) is 0.506. The average molecular weight is 222 g/mol. The summed E-state index contributed by atoms with van der Waals surface area (Å²) in [7, 11) is 0. The van der Waals surface area contributed by atoms with E-state index in [0.717, 1.165) is 17.1 Å². The van der Waals surface area contributed by atoms with E-state index in [1.807, 2.05) is 25.1 Å². The van der Waals surface area contributed by atoms with Gasteiger partial charge in [-0.1, -0.05) is 0 Å². The Hall–Kier alpha value is -1.71. The summed E-state index contributed by atoms with van der Waals surface area (Å²) < 4.78 is 10.8. The van der Waals surface area contributed by atoms with Gasteiger partial charge in [-0.15, -0.1) is 0 Å². The highest BCUT2D eigenvalue weighted by Gasteiger charge is 2.25. The van der Waals surface area contributed by atoms with E-state index in [0.29, 0.717) is 13.0 Å². The van der Waals surface area contributed by atoms with Crippen LogP contribution >= 0.6 is 0 Å². The Morgan fingerprint density at radius 1 is 1.62 bits per heavy atom. The van der Waals surface area contributed by atoms with Crippen molar-refractivity contribution >= 4 is 5.97 Å². The van der Waals surface area contributed by atoms with Crippen molar-refractivity contribution in [3.8, 4) is 11.5 Å². The lowest BCUT2D eigenvalue weighted by Gasteiger charge is -2.22. The second-order valence-corrected chi connectivity index (χ2v) is 3.75. The number of hydrogen-bond acceptors (Lipinski definition) is 3. The normalized spacial score (nSPS) is 18.4. The van der Waals surface area contributed by atoms with Gasteiger partial charge in [0.1, 0.15) is 18.1 Å². The molecule has 0 spiro atoms. The molecule has 2 rings (SSSR count). The van der Waals surface area contributed by atoms with Crippen LogP contribution in [0.1, 0.15) is 12.5 Å². The van der Waals surface area contributed by atoms with Crippen LogP contribution in [0.2, 0.25) is 0 Å². The number of aliphatic carboxylic acids is 1. The molecular formula is C12H14O4. The first kappa shape index (κ1) is 10.8. The van der Waals surface area contributed by atoms with Crippen LogP contribution in [-0.4, -0.2) is 24.3 Å². The van der Waals surface area contributed by atoms with Crippen LogP contribution in [0.25, 0.3) is 0 Å². The summed E-state index contributed by atoms with van der Waals surface area (Å²) in [4.78, 5) is 10.9. The highest BCUT2D eigenvalue weighted by molar-refractivity contribution is 5.71. The van der Waals surface area contributed by atoms with E-state index < -0.39 is 11.9 Å². The van der Waals surface area contributed by atoms with Crippen LogP contribution in [0.4, 0.5) is 0 Å². The van der Waals surface area contributed by atoms with Gasteiger partial charge in [0, 0.05) is 0 Å². The number of carboxylic acids is 1. The van der Waals surface area contributed by atoms with Crippen LogP contribution in [0.15, 0.2) is 18.2 Å². The Morgan fingerprint density at radius 3 is 3.12 bits per heavy atom. The molecule has 0 saturated heterocycles. The third-order valence-corrected chi connectivity index (χ3v) is 2.60. The second kappa shape index (κ2) is 4.43. The van der Waals surface area contributed by atoms with Crippen LogP contribution in [0, 0.1) is 5.92 Å². The number of carbonyl (C=O) groups is 1. The van der Waals surface area contributed by atoms with Gasteiger partial charge in [0.25, 0.3) is 0 Å². The fourth-order valence-corrected chi connectivity index (χ4v) is 1.79. The molecular weight excluding hydrogens is 208 g/mol. The molecule has 0 amide bonds. The molecule has 0 aromatic heterocycles. The first-order valence-corrected chi connectivity index (χ1v) is 5.32. The number of ether oxygens (including phenoxy) is 2. The molecule has 1 aliphatic rings. The van der Waals surface area contributed by atoms with Crippen molar-refractivity contribution in [1.82, 2.24) is 0 Å². The molecule has 86 valence electrons. The van der Waals surface area contributed by atoms with Crippen molar-refractivity contribution < 1.29 is 19.4 Å². The van der Waals surface area contributed by atoms with Gasteiger partial charge < -0.3 is 14.6 Å². The zero-order valence-electron chi connectivity index (χ0n) is 9.10. The quantitative estimate of drug-likeness (QED) is 0.846. The highest BCUT2D eigenvalue weighted by Crippen LogP contribution is 2.30. The minimum atomic E-state index is -0.813. The van der Waals surface area contributed by atoms with Crippen LogP contribution in [-0.2, 0) is 11.2 Å². The third-order valence-electron chi connectivity index (χ3n) is 2.60. The molecule has 1 aliphatic heterocycles. The van der Waals surface area contributed by atoms with E-state index >= 15 is 0 Å². The van der Waals surface area contributed by atoms with E-state index in [9.17, 15) is 4.79 Å². The molecule has 0 bridgehead atoms. The smallest absolute Gasteiger partial charge is 0.310 e. The zero-order valence-corrected chi connectivity index (χ0v) is 9.10. The van der Waals surface area contributed by atoms with Crippen molar-refractivity contribution in [2.45, 2.75) is 13.3 Å². The van der Waals surface area contributed by atoms with E-state index in [4.69, 9.17) is 14.6 Å². The predicted octanol–water partition coefficient (Wildman–Crippen LogP) is 1.72. The highest BCUT2D eigenvalue weighted by atomic mass is 16.5. The molecule has 1 N–H and O–H groups in total. The van der Waals surface area contributed by atoms with Gasteiger partial charge in [-0.05, 0) is 37.1 Å². The first-order valence-electron chi connectivity index (χ1n) is 5.32. The minimum absolute atomic E-state index is 0.246. The number of rotatable bonds is 3. The molecule has 1 atom stereocenters. The Balaban J connectivity index is 2.21. The van der Waals surface area contributed by atoms with E-state index in [1.165, 1.54) is 0 Å². The van der Waals surface area contributed by atoms with Crippen molar-refractivity contribution in [3.05, 3.63) is 23.8 Å². The molecule has 16 heavy (non-hydrogen) atoms. The SMILES string of the molecule is CCOc1ccc2c(c1)C[C@@H](C(=O)O)CO2. The zero-order chi connectivity index (χ0) is 11.5. The molecule has 4 nitrogen and oxygen atoms in total. The maximum absolute atomic E-state index is 10.9. The molecule has 1 heterocycles. The predicted molar refractivity (Wildman–Crippen MR) is 57.9 cm³/mol. The summed E-state index contributed by atoms with van der Waals surface area (Å²) >= 11 is 0. The summed E-state index contributed by atoms with van der Waals surface area (Å²) in [5, 5.41) is 8.93. The molecule has 0 saturated carbocycles. The number of hydrogen-bond donors (Lipinski definition) is 1. The molecule has 0 radical (unpaired) electrons. The van der Waals surface area contributed by atoms with Gasteiger partial charge in [-0.2, -0.15) is 0 Å². The monoisotopic (exact) mass is 222 g/mol. The summed E-state index contributed by atoms with van der Waals surface area (Å²) in [5.41, 5.74) is 0.907. The second-order valence-electron chi connectivity index (χ2n) is 3.75. The third kappa shape index (κ3) is 2.10. The Morgan fingerprint density at radius 2 is 2.44 bits per heavy atom. The van der Waals surface area contributed by atoms with Gasteiger partial charge >= 0.3 is 5.97 Å². The van der Waals surface area contributed by atoms with E-state index in [2.05, 4.69) is 0 Å². The Kier molecular flexibility index (Phi) is 2.99. The fourth-order valence-electron chi connectivity index (χ4n) is 1.79. The van der Waals surface area contributed by atoms with Gasteiger partial charge in [0.15, 0.2) is 0 Å². The first-order chi connectivity index (χ1) is 7.70. The van der Waals surface area contributed by atoms with Gasteiger partial charge in [-0.25, -0.2) is 0 Å². The van der Waals surface area contributed by atoms with Crippen molar-refractivity contribution in [2.24, 2.45) is 5.92 Å². The standard InChI is InChI=1S/C12H14O4/c1-2-15-10-3-4-11-8(6-10)5-9(7-16-11)12(13)14/h3-4,6,9H,2,5,7H2,1H3,(H,13,14)/t9-/m1/s1. The lowest BCUT2D eigenvalue weighted by molar-refractivity contribution is -0.143. The molecule has 1 aromatic carbocycles. The minimum Gasteiger partial charge on any atom is -0.494 e. The Bertz CT molecular complexity index is 400. The molecule has 1 aromatic rings. The van der Waals surface area contributed by atoms with Gasteiger partial charge in [-0.3, -0.25) is 4.79 Å². The van der Waals surface area contributed by atoms with Crippen LogP contribution in [0.3, 0.4) is 0 Å². The fraction of sp³-hybridized carbons (Fsp3) is 0.417. The maximum atomic E-state index is 10.9. The lowest BCUT2D eigenvalue weighted by Crippen LogP contribution is -2.27. The van der Waals surface area contributed by atoms with E-state index in [-0.39, 0.29) is 6.61 Å². The number of benzene rings is 1. The van der Waals surface area contributed by atoms with Crippen molar-refractivity contribution in [3.63, 3.8) is 0 Å². The summed E-state index contributed by atoms with van der Waals surface area (Å²) in [5.74, 6) is 0.258. The summed E-state index contributed by atoms with van der Waals surface area (Å²) in [6.45, 7) is 2.76. The summed E-state index contributed by atoms with van der Waals surface area (Å²) in [6, 6.07) is 5.52. The lowest BCUT2D eigenvalue weighted by atomic mass is 9.97. The van der Waals surface area contributed by atoms with Gasteiger partial charge in [0.05, 0.1) is 12.5 Å². The van der Waals surface area contributed by atoms with Crippen molar-refractivity contribution in [2.75, 3.05) is 13.2 Å². The van der Waals surface area contributed by atoms with Crippen molar-refractivity contribution in [1.29, 1.82) is 0 Å². The molecule has 0 aliphatic carbocycles. The van der Waals surface area contributed by atoms with Crippen LogP contribution < -0.4 is 9.47 Å². The Labute approximate surface area is 93.8 Å². The number of carboxylic acid groups (broad SMARTS) is 1. The number of fused-ring (bicyclic) bond motifs is 1. The molecule has 0 fully saturated rings. The largest absolute Gasteiger partial charge is 0.494 e. The topological polar surface area (TPSA) is 55.8 Å². The average Bonchev–Trinajstić information content (AvgIpc) is 2.28. The molecule has 4 heteroatoms. The van der Waals surface area contributed by atoms with Crippen LogP contribution in [0.5, 0.6) is 11.5 Å². The maximum Gasteiger partial charge on any atom is 0.310 e. The van der Waals surface area contributed by atoms with E-state index in [1.54, 1.807) is 0 Å². The van der Waals surface area contributed by atoms with Gasteiger partial charge in [0.2, 0.25) is 0 Å².